The molecule has 16 heavy (non-hydrogen) atoms. The largest absolute Gasteiger partial charge is 0.493 e. The van der Waals surface area contributed by atoms with Crippen molar-refractivity contribution in [3.63, 3.8) is 0 Å². The van der Waals surface area contributed by atoms with Crippen LogP contribution in [-0.2, 0) is 6.42 Å². The second-order valence-electron chi connectivity index (χ2n) is 4.60. The lowest BCUT2D eigenvalue weighted by Gasteiger charge is -2.24. The molecule has 2 N–H and O–H groups in total. The minimum absolute atomic E-state index is 0.192. The number of benzene rings is 1. The highest BCUT2D eigenvalue weighted by atomic mass is 16.5. The van der Waals surface area contributed by atoms with Crippen LogP contribution in [0, 0.1) is 0 Å². The Balaban J connectivity index is 2.16. The topological polar surface area (TPSA) is 38.5 Å². The zero-order valence-corrected chi connectivity index (χ0v) is 10.1. The highest BCUT2D eigenvalue weighted by Crippen LogP contribution is 2.28. The van der Waals surface area contributed by atoms with Gasteiger partial charge in [0.05, 0.1) is 6.61 Å². The SMILES string of the molecule is CC(N)CN(C)c1ccc2c(c1)CCCO2. The van der Waals surface area contributed by atoms with Gasteiger partial charge in [-0.25, -0.2) is 0 Å². The summed E-state index contributed by atoms with van der Waals surface area (Å²) in [6.45, 7) is 3.75. The summed E-state index contributed by atoms with van der Waals surface area (Å²) in [6, 6.07) is 6.59. The van der Waals surface area contributed by atoms with Crippen LogP contribution in [0.25, 0.3) is 0 Å². The molecular weight excluding hydrogens is 200 g/mol. The van der Waals surface area contributed by atoms with Gasteiger partial charge in [0.15, 0.2) is 0 Å². The number of fused-ring (bicyclic) bond motifs is 1. The van der Waals surface area contributed by atoms with E-state index < -0.39 is 0 Å². The van der Waals surface area contributed by atoms with E-state index in [1.807, 2.05) is 6.92 Å². The fraction of sp³-hybridized carbons (Fsp3) is 0.538. The predicted molar refractivity (Wildman–Crippen MR) is 67.2 cm³/mol. The third-order valence-corrected chi connectivity index (χ3v) is 2.89. The van der Waals surface area contributed by atoms with Gasteiger partial charge in [-0.2, -0.15) is 0 Å². The Kier molecular flexibility index (Phi) is 3.34. The van der Waals surface area contributed by atoms with Crippen LogP contribution in [0.4, 0.5) is 5.69 Å². The van der Waals surface area contributed by atoms with E-state index in [1.165, 1.54) is 11.3 Å². The second kappa shape index (κ2) is 4.74. The van der Waals surface area contributed by atoms with Crippen LogP contribution in [0.15, 0.2) is 18.2 Å². The molecule has 1 aromatic carbocycles. The Labute approximate surface area is 97.2 Å². The van der Waals surface area contributed by atoms with Crippen molar-refractivity contribution in [3.05, 3.63) is 23.8 Å². The van der Waals surface area contributed by atoms with Crippen LogP contribution in [0.5, 0.6) is 5.75 Å². The normalized spacial score (nSPS) is 16.2. The standard InChI is InChI=1S/C13H20N2O/c1-10(14)9-15(2)12-5-6-13-11(8-12)4-3-7-16-13/h5-6,8,10H,3-4,7,9,14H2,1-2H3. The molecule has 1 aliphatic rings. The molecule has 1 heterocycles. The van der Waals surface area contributed by atoms with Gasteiger partial charge in [-0.15, -0.1) is 0 Å². The van der Waals surface area contributed by atoms with Crippen molar-refractivity contribution in [1.29, 1.82) is 0 Å². The fourth-order valence-corrected chi connectivity index (χ4v) is 2.12. The summed E-state index contributed by atoms with van der Waals surface area (Å²) in [4.78, 5) is 2.19. The Morgan fingerprint density at radius 3 is 3.06 bits per heavy atom. The van der Waals surface area contributed by atoms with E-state index in [1.54, 1.807) is 0 Å². The lowest BCUT2D eigenvalue weighted by atomic mass is 10.1. The molecule has 0 radical (unpaired) electrons. The van der Waals surface area contributed by atoms with Crippen molar-refractivity contribution >= 4 is 5.69 Å². The summed E-state index contributed by atoms with van der Waals surface area (Å²) in [5.41, 5.74) is 8.35. The smallest absolute Gasteiger partial charge is 0.122 e. The number of rotatable bonds is 3. The molecule has 0 aliphatic carbocycles. The highest BCUT2D eigenvalue weighted by molar-refractivity contribution is 5.53. The number of likely N-dealkylation sites (N-methyl/N-ethyl adjacent to an activating group) is 1. The van der Waals surface area contributed by atoms with Crippen molar-refractivity contribution in [1.82, 2.24) is 0 Å². The van der Waals surface area contributed by atoms with Gasteiger partial charge in [0.25, 0.3) is 0 Å². The highest BCUT2D eigenvalue weighted by Gasteiger charge is 2.12. The first-order chi connectivity index (χ1) is 7.66. The Morgan fingerprint density at radius 2 is 2.31 bits per heavy atom. The van der Waals surface area contributed by atoms with Crippen LogP contribution in [-0.4, -0.2) is 26.2 Å². The van der Waals surface area contributed by atoms with Crippen molar-refractivity contribution in [2.75, 3.05) is 25.1 Å². The molecule has 0 spiro atoms. The first-order valence-corrected chi connectivity index (χ1v) is 5.89. The summed E-state index contributed by atoms with van der Waals surface area (Å²) in [6.07, 6.45) is 2.24. The third-order valence-electron chi connectivity index (χ3n) is 2.89. The molecule has 0 saturated carbocycles. The molecule has 0 fully saturated rings. The number of hydrogen-bond acceptors (Lipinski definition) is 3. The number of nitrogens with zero attached hydrogens (tertiary/aromatic N) is 1. The van der Waals surface area contributed by atoms with E-state index >= 15 is 0 Å². The first-order valence-electron chi connectivity index (χ1n) is 5.89. The number of anilines is 1. The summed E-state index contributed by atoms with van der Waals surface area (Å²) in [5.74, 6) is 1.05. The first kappa shape index (κ1) is 11.3. The van der Waals surface area contributed by atoms with E-state index in [2.05, 4.69) is 30.1 Å². The monoisotopic (exact) mass is 220 g/mol. The molecule has 0 amide bonds. The number of aryl methyl sites for hydroxylation is 1. The molecular formula is C13H20N2O. The van der Waals surface area contributed by atoms with Crippen LogP contribution < -0.4 is 15.4 Å². The Morgan fingerprint density at radius 1 is 1.50 bits per heavy atom. The molecule has 2 rings (SSSR count). The summed E-state index contributed by atoms with van der Waals surface area (Å²) < 4.78 is 5.60. The number of hydrogen-bond donors (Lipinski definition) is 1. The lowest BCUT2D eigenvalue weighted by Crippen LogP contribution is -2.32. The quantitative estimate of drug-likeness (QED) is 0.844. The van der Waals surface area contributed by atoms with Crippen molar-refractivity contribution in [2.45, 2.75) is 25.8 Å². The zero-order chi connectivity index (χ0) is 11.5. The van der Waals surface area contributed by atoms with E-state index in [0.717, 1.165) is 31.7 Å². The second-order valence-corrected chi connectivity index (χ2v) is 4.60. The number of ether oxygens (including phenoxy) is 1. The zero-order valence-electron chi connectivity index (χ0n) is 10.1. The minimum Gasteiger partial charge on any atom is -0.493 e. The average molecular weight is 220 g/mol. The molecule has 0 bridgehead atoms. The van der Waals surface area contributed by atoms with Gasteiger partial charge in [-0.05, 0) is 43.5 Å². The van der Waals surface area contributed by atoms with Crippen molar-refractivity contribution in [2.24, 2.45) is 5.73 Å². The van der Waals surface area contributed by atoms with Crippen LogP contribution in [0.3, 0.4) is 0 Å². The maximum absolute atomic E-state index is 5.80. The molecule has 0 aromatic heterocycles. The summed E-state index contributed by atoms with van der Waals surface area (Å²) in [7, 11) is 2.08. The van der Waals surface area contributed by atoms with Crippen molar-refractivity contribution in [3.8, 4) is 5.75 Å². The van der Waals surface area contributed by atoms with E-state index in [0.29, 0.717) is 0 Å². The van der Waals surface area contributed by atoms with E-state index in [4.69, 9.17) is 10.5 Å². The van der Waals surface area contributed by atoms with Crippen LogP contribution in [0.1, 0.15) is 18.9 Å². The van der Waals surface area contributed by atoms with Gasteiger partial charge >= 0.3 is 0 Å². The van der Waals surface area contributed by atoms with Gasteiger partial charge in [0, 0.05) is 25.3 Å². The van der Waals surface area contributed by atoms with Gasteiger partial charge in [-0.3, -0.25) is 0 Å². The Hall–Kier alpha value is -1.22. The Bertz CT molecular complexity index is 363. The minimum atomic E-state index is 0.192. The third kappa shape index (κ3) is 2.47. The van der Waals surface area contributed by atoms with E-state index in [-0.39, 0.29) is 6.04 Å². The number of nitrogens with two attached hydrogens (primary N) is 1. The van der Waals surface area contributed by atoms with Crippen molar-refractivity contribution < 1.29 is 4.74 Å². The maximum Gasteiger partial charge on any atom is 0.122 e. The molecule has 1 aliphatic heterocycles. The molecule has 1 atom stereocenters. The van der Waals surface area contributed by atoms with E-state index in [9.17, 15) is 0 Å². The fourth-order valence-electron chi connectivity index (χ4n) is 2.12. The molecule has 1 aromatic rings. The molecule has 3 nitrogen and oxygen atoms in total. The predicted octanol–water partition coefficient (Wildman–Crippen LogP) is 1.79. The van der Waals surface area contributed by atoms with Gasteiger partial charge in [0.2, 0.25) is 0 Å². The van der Waals surface area contributed by atoms with Gasteiger partial charge in [0.1, 0.15) is 5.75 Å². The molecule has 88 valence electrons. The van der Waals surface area contributed by atoms with Crippen LogP contribution >= 0.6 is 0 Å². The summed E-state index contributed by atoms with van der Waals surface area (Å²) in [5, 5.41) is 0. The molecule has 0 saturated heterocycles. The summed E-state index contributed by atoms with van der Waals surface area (Å²) >= 11 is 0. The maximum atomic E-state index is 5.80. The van der Waals surface area contributed by atoms with Gasteiger partial charge < -0.3 is 15.4 Å². The molecule has 1 unspecified atom stereocenters. The molecule has 3 heteroatoms. The van der Waals surface area contributed by atoms with Crippen LogP contribution in [0.2, 0.25) is 0 Å². The van der Waals surface area contributed by atoms with Gasteiger partial charge in [-0.1, -0.05) is 0 Å². The average Bonchev–Trinajstić information content (AvgIpc) is 2.27. The lowest BCUT2D eigenvalue weighted by molar-refractivity contribution is 0.288.